The summed E-state index contributed by atoms with van der Waals surface area (Å²) in [6, 6.07) is 2.03. The highest BCUT2D eigenvalue weighted by atomic mass is 32.2. The molecule has 8 heteroatoms. The van der Waals surface area contributed by atoms with E-state index < -0.39 is 27.9 Å². The van der Waals surface area contributed by atoms with E-state index in [0.29, 0.717) is 0 Å². The molecule has 118 valence electrons. The van der Waals surface area contributed by atoms with Crippen molar-refractivity contribution in [3.63, 3.8) is 0 Å². The second-order valence-corrected chi connectivity index (χ2v) is 6.72. The van der Waals surface area contributed by atoms with Crippen LogP contribution in [0.1, 0.15) is 20.3 Å². The molecule has 1 unspecified atom stereocenters. The first-order valence-corrected chi connectivity index (χ1v) is 7.81. The van der Waals surface area contributed by atoms with E-state index in [2.05, 4.69) is 9.46 Å². The van der Waals surface area contributed by atoms with Crippen LogP contribution >= 0.6 is 0 Å². The van der Waals surface area contributed by atoms with Crippen LogP contribution in [0, 0.1) is 11.7 Å². The van der Waals surface area contributed by atoms with E-state index >= 15 is 0 Å². The molecule has 1 atom stereocenters. The number of hydrogen-bond acceptors (Lipinski definition) is 5. The average Bonchev–Trinajstić information content (AvgIpc) is 2.39. The molecular formula is C13H19FN2O4S. The number of anilines is 1. The Kier molecular flexibility index (Phi) is 5.68. The predicted molar refractivity (Wildman–Crippen MR) is 76.4 cm³/mol. The summed E-state index contributed by atoms with van der Waals surface area (Å²) in [5.41, 5.74) is 5.07. The number of halogens is 1. The molecule has 21 heavy (non-hydrogen) atoms. The summed E-state index contributed by atoms with van der Waals surface area (Å²) in [6.07, 6.45) is 0.280. The number of methoxy groups -OCH3 is 1. The van der Waals surface area contributed by atoms with Gasteiger partial charge in [0.15, 0.2) is 0 Å². The first-order valence-electron chi connectivity index (χ1n) is 6.32. The fourth-order valence-corrected chi connectivity index (χ4v) is 2.98. The highest BCUT2D eigenvalue weighted by Gasteiger charge is 2.27. The molecular weight excluding hydrogens is 299 g/mol. The molecule has 0 heterocycles. The SMILES string of the molecule is COC(=O)C(CC(C)C)NS(=O)(=O)c1ccc(F)c(N)c1. The third-order valence-electron chi connectivity index (χ3n) is 2.77. The average molecular weight is 318 g/mol. The van der Waals surface area contributed by atoms with Crippen LogP contribution in [0.15, 0.2) is 23.1 Å². The smallest absolute Gasteiger partial charge is 0.323 e. The first-order chi connectivity index (χ1) is 9.67. The zero-order valence-electron chi connectivity index (χ0n) is 12.1. The van der Waals surface area contributed by atoms with Crippen molar-refractivity contribution in [3.8, 4) is 0 Å². The number of nitrogen functional groups attached to an aromatic ring is 1. The van der Waals surface area contributed by atoms with Crippen LogP contribution in [0.4, 0.5) is 10.1 Å². The first kappa shape index (κ1) is 17.4. The summed E-state index contributed by atoms with van der Waals surface area (Å²) in [5, 5.41) is 0. The van der Waals surface area contributed by atoms with Gasteiger partial charge in [-0.15, -0.1) is 0 Å². The van der Waals surface area contributed by atoms with Crippen LogP contribution in [0.2, 0.25) is 0 Å². The van der Waals surface area contributed by atoms with Gasteiger partial charge in [-0.25, -0.2) is 12.8 Å². The second kappa shape index (κ2) is 6.86. The number of carbonyl (C=O) groups excluding carboxylic acids is 1. The van der Waals surface area contributed by atoms with Crippen molar-refractivity contribution in [1.29, 1.82) is 0 Å². The highest BCUT2D eigenvalue weighted by Crippen LogP contribution is 2.18. The van der Waals surface area contributed by atoms with Crippen molar-refractivity contribution in [2.45, 2.75) is 31.2 Å². The predicted octanol–water partition coefficient (Wildman–Crippen LogP) is 1.27. The van der Waals surface area contributed by atoms with Gasteiger partial charge in [-0.05, 0) is 30.5 Å². The van der Waals surface area contributed by atoms with Crippen molar-refractivity contribution in [1.82, 2.24) is 4.72 Å². The number of carbonyl (C=O) groups is 1. The molecule has 0 fully saturated rings. The van der Waals surface area contributed by atoms with Crippen molar-refractivity contribution >= 4 is 21.7 Å². The Labute approximate surface area is 123 Å². The Hall–Kier alpha value is -1.67. The van der Waals surface area contributed by atoms with Crippen molar-refractivity contribution in [3.05, 3.63) is 24.0 Å². The molecule has 0 aromatic heterocycles. The third-order valence-corrected chi connectivity index (χ3v) is 4.24. The fourth-order valence-electron chi connectivity index (χ4n) is 1.75. The van der Waals surface area contributed by atoms with Gasteiger partial charge >= 0.3 is 5.97 Å². The van der Waals surface area contributed by atoms with E-state index in [0.717, 1.165) is 18.2 Å². The van der Waals surface area contributed by atoms with Crippen LogP contribution in [-0.2, 0) is 19.6 Å². The maximum Gasteiger partial charge on any atom is 0.323 e. The number of hydrogen-bond donors (Lipinski definition) is 2. The number of nitrogens with two attached hydrogens (primary N) is 1. The minimum absolute atomic E-state index is 0.0788. The van der Waals surface area contributed by atoms with Crippen molar-refractivity contribution < 1.29 is 22.3 Å². The lowest BCUT2D eigenvalue weighted by Gasteiger charge is -2.18. The molecule has 1 rings (SSSR count). The molecule has 0 amide bonds. The minimum atomic E-state index is -4.00. The van der Waals surface area contributed by atoms with E-state index in [1.54, 1.807) is 0 Å². The van der Waals surface area contributed by atoms with Crippen LogP contribution in [-0.4, -0.2) is 27.5 Å². The number of benzene rings is 1. The van der Waals surface area contributed by atoms with Gasteiger partial charge in [-0.2, -0.15) is 4.72 Å². The van der Waals surface area contributed by atoms with Gasteiger partial charge in [0.2, 0.25) is 10.0 Å². The number of ether oxygens (including phenoxy) is 1. The number of esters is 1. The minimum Gasteiger partial charge on any atom is -0.468 e. The van der Waals surface area contributed by atoms with Gasteiger partial charge in [0.05, 0.1) is 17.7 Å². The normalized spacial score (nSPS) is 13.2. The Balaban J connectivity index is 3.05. The van der Waals surface area contributed by atoms with E-state index in [1.807, 2.05) is 13.8 Å². The van der Waals surface area contributed by atoms with Crippen LogP contribution in [0.5, 0.6) is 0 Å². The number of sulfonamides is 1. The highest BCUT2D eigenvalue weighted by molar-refractivity contribution is 7.89. The maximum absolute atomic E-state index is 13.1. The molecule has 0 bridgehead atoms. The van der Waals surface area contributed by atoms with Crippen LogP contribution < -0.4 is 10.5 Å². The summed E-state index contributed by atoms with van der Waals surface area (Å²) in [7, 11) is -2.82. The van der Waals surface area contributed by atoms with Crippen molar-refractivity contribution in [2.24, 2.45) is 5.92 Å². The lowest BCUT2D eigenvalue weighted by atomic mass is 10.1. The molecule has 0 saturated carbocycles. The van der Waals surface area contributed by atoms with Gasteiger partial charge in [-0.3, -0.25) is 4.79 Å². The molecule has 0 aliphatic rings. The molecule has 1 aromatic rings. The van der Waals surface area contributed by atoms with Crippen LogP contribution in [0.25, 0.3) is 0 Å². The largest absolute Gasteiger partial charge is 0.468 e. The topological polar surface area (TPSA) is 98.5 Å². The van der Waals surface area contributed by atoms with Gasteiger partial charge in [-0.1, -0.05) is 13.8 Å². The molecule has 3 N–H and O–H groups in total. The zero-order valence-corrected chi connectivity index (χ0v) is 12.9. The molecule has 0 saturated heterocycles. The fraction of sp³-hybridized carbons (Fsp3) is 0.462. The lowest BCUT2D eigenvalue weighted by Crippen LogP contribution is -2.42. The summed E-state index contributed by atoms with van der Waals surface area (Å²) in [6.45, 7) is 3.69. The van der Waals surface area contributed by atoms with Gasteiger partial charge in [0, 0.05) is 0 Å². The standard InChI is InChI=1S/C13H19FN2O4S/c1-8(2)6-12(13(17)20-3)16-21(18,19)9-4-5-10(14)11(15)7-9/h4-5,7-8,12,16H,6,15H2,1-3H3. The molecule has 0 aliphatic carbocycles. The summed E-state index contributed by atoms with van der Waals surface area (Å²) in [5.74, 6) is -1.31. The van der Waals surface area contributed by atoms with E-state index in [4.69, 9.17) is 5.73 Å². The van der Waals surface area contributed by atoms with E-state index in [-0.39, 0.29) is 22.9 Å². The quantitative estimate of drug-likeness (QED) is 0.608. The number of rotatable bonds is 6. The summed E-state index contributed by atoms with van der Waals surface area (Å²) in [4.78, 5) is 11.4. The number of nitrogens with one attached hydrogen (secondary N) is 1. The molecule has 0 aliphatic heterocycles. The molecule has 6 nitrogen and oxygen atoms in total. The van der Waals surface area contributed by atoms with Gasteiger partial charge in [0.1, 0.15) is 11.9 Å². The molecule has 0 radical (unpaired) electrons. The molecule has 0 spiro atoms. The lowest BCUT2D eigenvalue weighted by molar-refractivity contribution is -0.143. The second-order valence-electron chi connectivity index (χ2n) is 5.01. The van der Waals surface area contributed by atoms with Gasteiger partial charge in [0.25, 0.3) is 0 Å². The van der Waals surface area contributed by atoms with E-state index in [9.17, 15) is 17.6 Å². The van der Waals surface area contributed by atoms with Crippen LogP contribution in [0.3, 0.4) is 0 Å². The third kappa shape index (κ3) is 4.68. The Morgan fingerprint density at radius 1 is 1.43 bits per heavy atom. The van der Waals surface area contributed by atoms with Crippen molar-refractivity contribution in [2.75, 3.05) is 12.8 Å². The Morgan fingerprint density at radius 2 is 2.05 bits per heavy atom. The van der Waals surface area contributed by atoms with Gasteiger partial charge < -0.3 is 10.5 Å². The zero-order chi connectivity index (χ0) is 16.2. The van der Waals surface area contributed by atoms with E-state index in [1.165, 1.54) is 7.11 Å². The summed E-state index contributed by atoms with van der Waals surface area (Å²) < 4.78 is 44.4. The molecule has 1 aromatic carbocycles. The summed E-state index contributed by atoms with van der Waals surface area (Å²) >= 11 is 0. The Bertz CT molecular complexity index is 617. The monoisotopic (exact) mass is 318 g/mol. The maximum atomic E-state index is 13.1. The Morgan fingerprint density at radius 3 is 2.52 bits per heavy atom.